The number of fused-ring (bicyclic) bond motifs is 1. The smallest absolute Gasteiger partial charge is 0.146 e. The number of rotatable bonds is 5. The van der Waals surface area contributed by atoms with Gasteiger partial charge in [-0.25, -0.2) is 4.98 Å². The number of aromatic amines is 1. The number of nitriles is 1. The second kappa shape index (κ2) is 8.15. The summed E-state index contributed by atoms with van der Waals surface area (Å²) in [6.07, 6.45) is 2.88. The van der Waals surface area contributed by atoms with Crippen molar-refractivity contribution in [2.24, 2.45) is 0 Å². The zero-order chi connectivity index (χ0) is 23.1. The summed E-state index contributed by atoms with van der Waals surface area (Å²) in [5.41, 5.74) is 5.64. The molecule has 1 aromatic carbocycles. The number of ether oxygens (including phenoxy) is 1. The van der Waals surface area contributed by atoms with Gasteiger partial charge in [0.2, 0.25) is 0 Å². The summed E-state index contributed by atoms with van der Waals surface area (Å²) in [5, 5.41) is 35.8. The molecule has 3 aromatic heterocycles. The van der Waals surface area contributed by atoms with Crippen LogP contribution >= 0.6 is 0 Å². The van der Waals surface area contributed by atoms with E-state index in [1.807, 2.05) is 43.9 Å². The number of aliphatic hydroxyl groups is 1. The molecule has 9 heteroatoms. The third-order valence-electron chi connectivity index (χ3n) is 5.95. The van der Waals surface area contributed by atoms with Crippen LogP contribution in [0.2, 0.25) is 0 Å². The summed E-state index contributed by atoms with van der Waals surface area (Å²) in [7, 11) is 0. The first-order valence-electron chi connectivity index (χ1n) is 10.7. The Hall–Kier alpha value is -4.03. The molecule has 0 radical (unpaired) electrons. The zero-order valence-electron chi connectivity index (χ0n) is 18.6. The van der Waals surface area contributed by atoms with Crippen LogP contribution < -0.4 is 9.64 Å². The van der Waals surface area contributed by atoms with E-state index >= 15 is 0 Å². The monoisotopic (exact) mass is 441 g/mol. The molecule has 5 rings (SSSR count). The Bertz CT molecular complexity index is 1370. The quantitative estimate of drug-likeness (QED) is 0.484. The number of nitrogens with zero attached hydrogens (tertiary/aromatic N) is 6. The molecule has 0 bridgehead atoms. The molecule has 1 aliphatic heterocycles. The summed E-state index contributed by atoms with van der Waals surface area (Å²) in [5.74, 6) is 1.29. The lowest BCUT2D eigenvalue weighted by Gasteiger charge is -2.37. The van der Waals surface area contributed by atoms with Crippen LogP contribution in [0.3, 0.4) is 0 Å². The van der Waals surface area contributed by atoms with E-state index < -0.39 is 0 Å². The molecule has 1 aliphatic rings. The van der Waals surface area contributed by atoms with Crippen molar-refractivity contribution in [2.45, 2.75) is 33.0 Å². The lowest BCUT2D eigenvalue weighted by atomic mass is 10.0. The summed E-state index contributed by atoms with van der Waals surface area (Å²) in [4.78, 5) is 6.38. The van der Waals surface area contributed by atoms with Gasteiger partial charge < -0.3 is 14.7 Å². The fourth-order valence-corrected chi connectivity index (χ4v) is 4.32. The second-order valence-corrected chi connectivity index (χ2v) is 8.33. The fourth-order valence-electron chi connectivity index (χ4n) is 4.32. The predicted molar refractivity (Wildman–Crippen MR) is 123 cm³/mol. The number of anilines is 1. The molecule has 4 heterocycles. The summed E-state index contributed by atoms with van der Waals surface area (Å²) in [6.45, 7) is 6.88. The van der Waals surface area contributed by atoms with Crippen LogP contribution in [-0.4, -0.2) is 49.7 Å². The summed E-state index contributed by atoms with van der Waals surface area (Å²) >= 11 is 0. The molecule has 0 amide bonds. The second-order valence-electron chi connectivity index (χ2n) is 8.33. The number of aryl methyl sites for hydroxylation is 2. The van der Waals surface area contributed by atoms with Gasteiger partial charge in [-0.15, -0.1) is 0 Å². The van der Waals surface area contributed by atoms with Gasteiger partial charge in [-0.1, -0.05) is 0 Å². The molecule has 33 heavy (non-hydrogen) atoms. The Morgan fingerprint density at radius 3 is 2.79 bits per heavy atom. The molecule has 1 saturated heterocycles. The number of β-amino-alcohol motifs (C(OH)–C–C–N with tert-alkyl or cyclic N) is 1. The third-order valence-corrected chi connectivity index (χ3v) is 5.95. The number of H-pyrrole nitrogens is 1. The van der Waals surface area contributed by atoms with Gasteiger partial charge in [0.05, 0.1) is 29.1 Å². The number of aliphatic hydroxyl groups excluding tert-OH is 1. The highest BCUT2D eigenvalue weighted by molar-refractivity contribution is 5.94. The van der Waals surface area contributed by atoms with Gasteiger partial charge >= 0.3 is 0 Å². The van der Waals surface area contributed by atoms with Crippen molar-refractivity contribution in [3.05, 3.63) is 59.0 Å². The fraction of sp³-hybridized carbons (Fsp3) is 0.292. The Morgan fingerprint density at radius 2 is 2.06 bits per heavy atom. The highest BCUT2D eigenvalue weighted by atomic mass is 16.5. The van der Waals surface area contributed by atoms with E-state index in [0.717, 1.165) is 33.3 Å². The molecule has 1 fully saturated rings. The number of hydrogen-bond donors (Lipinski definition) is 2. The maximum atomic E-state index is 9.65. The van der Waals surface area contributed by atoms with Crippen molar-refractivity contribution >= 4 is 16.7 Å². The van der Waals surface area contributed by atoms with Crippen molar-refractivity contribution in [1.29, 1.82) is 5.26 Å². The lowest BCUT2D eigenvalue weighted by Crippen LogP contribution is -2.51. The molecule has 0 spiro atoms. The van der Waals surface area contributed by atoms with Crippen molar-refractivity contribution < 1.29 is 9.84 Å². The minimum atomic E-state index is -0.371. The van der Waals surface area contributed by atoms with E-state index in [9.17, 15) is 10.4 Å². The van der Waals surface area contributed by atoms with Crippen LogP contribution in [0.4, 0.5) is 5.82 Å². The summed E-state index contributed by atoms with van der Waals surface area (Å²) < 4.78 is 6.25. The van der Waals surface area contributed by atoms with Gasteiger partial charge in [0, 0.05) is 35.8 Å². The molecule has 1 atom stereocenters. The molecule has 166 valence electrons. The number of aromatic nitrogens is 5. The topological polar surface area (TPSA) is 124 Å². The number of benzene rings is 1. The van der Waals surface area contributed by atoms with Gasteiger partial charge in [-0.2, -0.15) is 20.6 Å². The molecule has 0 unspecified atom stereocenters. The van der Waals surface area contributed by atoms with Gasteiger partial charge in [-0.05, 0) is 50.6 Å². The van der Waals surface area contributed by atoms with E-state index in [-0.39, 0.29) is 12.2 Å². The van der Waals surface area contributed by atoms with Crippen LogP contribution in [0.5, 0.6) is 5.75 Å². The highest BCUT2D eigenvalue weighted by Gasteiger charge is 2.28. The molecule has 2 N–H and O–H groups in total. The van der Waals surface area contributed by atoms with Crippen molar-refractivity contribution in [3.8, 4) is 23.1 Å². The Kier molecular flexibility index (Phi) is 5.15. The SMILES string of the molecule is Cc1cnnc(C)c1[C@@H](C)Oc1ccc2[nH]nc(-c3cnc(N4CC(O)C4)c(C#N)c3)c2c1. The van der Waals surface area contributed by atoms with Crippen molar-refractivity contribution in [3.63, 3.8) is 0 Å². The third kappa shape index (κ3) is 3.75. The van der Waals surface area contributed by atoms with Gasteiger partial charge in [0.1, 0.15) is 29.4 Å². The number of nitrogens with one attached hydrogen (secondary N) is 1. The highest BCUT2D eigenvalue weighted by Crippen LogP contribution is 2.33. The Labute approximate surface area is 190 Å². The van der Waals surface area contributed by atoms with Crippen LogP contribution in [0.25, 0.3) is 22.2 Å². The van der Waals surface area contributed by atoms with Gasteiger partial charge in [-0.3, -0.25) is 5.10 Å². The predicted octanol–water partition coefficient (Wildman–Crippen LogP) is 3.22. The zero-order valence-corrected chi connectivity index (χ0v) is 18.6. The van der Waals surface area contributed by atoms with Crippen LogP contribution in [-0.2, 0) is 0 Å². The molecule has 4 aromatic rings. The molecular formula is C24H23N7O2. The standard InChI is InChI=1S/C24H23N7O2/c1-13-9-27-28-14(2)22(13)15(3)33-19-4-5-21-20(7-19)23(30-29-21)17-6-16(8-25)24(26-10-17)31-11-18(32)12-31/h4-7,9-10,15,18,32H,11-12H2,1-3H3,(H,29,30)/t15-/m1/s1. The maximum absolute atomic E-state index is 9.65. The van der Waals surface area contributed by atoms with Gasteiger partial charge in [0.25, 0.3) is 0 Å². The van der Waals surface area contributed by atoms with Gasteiger partial charge in [0.15, 0.2) is 0 Å². The average molecular weight is 441 g/mol. The summed E-state index contributed by atoms with van der Waals surface area (Å²) in [6, 6.07) is 9.77. The first-order chi connectivity index (χ1) is 15.9. The van der Waals surface area contributed by atoms with Crippen LogP contribution in [0.15, 0.2) is 36.7 Å². The van der Waals surface area contributed by atoms with E-state index in [1.165, 1.54) is 0 Å². The van der Waals surface area contributed by atoms with Crippen LogP contribution in [0.1, 0.15) is 35.4 Å². The maximum Gasteiger partial charge on any atom is 0.146 e. The normalized spacial score (nSPS) is 14.7. The minimum Gasteiger partial charge on any atom is -0.486 e. The van der Waals surface area contributed by atoms with E-state index in [1.54, 1.807) is 18.5 Å². The minimum absolute atomic E-state index is 0.202. The molecule has 0 aliphatic carbocycles. The molecular weight excluding hydrogens is 418 g/mol. The van der Waals surface area contributed by atoms with E-state index in [2.05, 4.69) is 31.4 Å². The molecule has 9 nitrogen and oxygen atoms in total. The Balaban J connectivity index is 1.47. The average Bonchev–Trinajstić information content (AvgIpc) is 3.20. The lowest BCUT2D eigenvalue weighted by molar-refractivity contribution is 0.141. The van der Waals surface area contributed by atoms with Crippen molar-refractivity contribution in [2.75, 3.05) is 18.0 Å². The van der Waals surface area contributed by atoms with E-state index in [0.29, 0.717) is 35.9 Å². The first-order valence-corrected chi connectivity index (χ1v) is 10.7. The number of pyridine rings is 1. The Morgan fingerprint density at radius 1 is 1.24 bits per heavy atom. The largest absolute Gasteiger partial charge is 0.486 e. The number of hydrogen-bond acceptors (Lipinski definition) is 8. The van der Waals surface area contributed by atoms with E-state index in [4.69, 9.17) is 4.74 Å². The molecule has 0 saturated carbocycles. The van der Waals surface area contributed by atoms with Crippen LogP contribution in [0, 0.1) is 25.2 Å². The first kappa shape index (κ1) is 20.8. The van der Waals surface area contributed by atoms with Crippen molar-refractivity contribution in [1.82, 2.24) is 25.4 Å².